The molecule has 8 nitrogen and oxygen atoms in total. The molecular formula is C21H27N3O5. The third kappa shape index (κ3) is 4.71. The highest BCUT2D eigenvalue weighted by Gasteiger charge is 2.35. The first kappa shape index (κ1) is 20.7. The third-order valence-electron chi connectivity index (χ3n) is 4.63. The van der Waals surface area contributed by atoms with Crippen LogP contribution in [0.2, 0.25) is 0 Å². The number of H-pyrrole nitrogens is 1. The number of fused-ring (bicyclic) bond motifs is 1. The van der Waals surface area contributed by atoms with Crippen LogP contribution in [0.3, 0.4) is 0 Å². The van der Waals surface area contributed by atoms with Gasteiger partial charge in [0.05, 0.1) is 13.7 Å². The molecule has 3 rings (SSSR count). The first-order valence-electron chi connectivity index (χ1n) is 9.49. The number of hydrogen-bond donors (Lipinski definition) is 2. The predicted octanol–water partition coefficient (Wildman–Crippen LogP) is 2.60. The molecule has 0 bridgehead atoms. The molecule has 0 spiro atoms. The van der Waals surface area contributed by atoms with Crippen molar-refractivity contribution >= 4 is 23.0 Å². The van der Waals surface area contributed by atoms with Gasteiger partial charge < -0.3 is 24.5 Å². The Bertz CT molecular complexity index is 928. The summed E-state index contributed by atoms with van der Waals surface area (Å²) < 4.78 is 10.2. The van der Waals surface area contributed by atoms with Crippen molar-refractivity contribution < 1.29 is 24.2 Å². The highest BCUT2D eigenvalue weighted by atomic mass is 16.6. The summed E-state index contributed by atoms with van der Waals surface area (Å²) >= 11 is 0. The number of aliphatic hydroxyl groups excluding tert-OH is 1. The third-order valence-corrected chi connectivity index (χ3v) is 4.63. The number of β-amino-alcohol motifs (C(OH)–C–C–N with tert-alkyl or cyclic N) is 1. The SMILES string of the molecule is COC(=O)C1=CN(CCc2c[nH]c3ccccc23)C(O)CN1C(=O)OC(C)(C)C. The number of carbonyl (C=O) groups is 2. The summed E-state index contributed by atoms with van der Waals surface area (Å²) in [5.74, 6) is -0.667. The van der Waals surface area contributed by atoms with Gasteiger partial charge in [-0.2, -0.15) is 0 Å². The Kier molecular flexibility index (Phi) is 5.83. The molecule has 2 aromatic rings. The minimum absolute atomic E-state index is 0.0333. The van der Waals surface area contributed by atoms with Gasteiger partial charge in [-0.05, 0) is 38.8 Å². The first-order valence-corrected chi connectivity index (χ1v) is 9.49. The first-order chi connectivity index (χ1) is 13.7. The number of esters is 1. The van der Waals surface area contributed by atoms with Crippen LogP contribution in [0.5, 0.6) is 0 Å². The quantitative estimate of drug-likeness (QED) is 0.765. The van der Waals surface area contributed by atoms with Crippen LogP contribution in [-0.2, 0) is 20.7 Å². The lowest BCUT2D eigenvalue weighted by Crippen LogP contribution is -2.51. The van der Waals surface area contributed by atoms with Gasteiger partial charge in [0, 0.05) is 29.8 Å². The molecule has 0 saturated carbocycles. The normalized spacial score (nSPS) is 17.3. The molecule has 29 heavy (non-hydrogen) atoms. The van der Waals surface area contributed by atoms with Crippen LogP contribution in [0.25, 0.3) is 10.9 Å². The Balaban J connectivity index is 1.79. The average molecular weight is 401 g/mol. The van der Waals surface area contributed by atoms with Crippen LogP contribution in [0, 0.1) is 0 Å². The number of aromatic amines is 1. The molecule has 2 heterocycles. The molecule has 1 aromatic heterocycles. The molecule has 156 valence electrons. The van der Waals surface area contributed by atoms with Gasteiger partial charge in [-0.25, -0.2) is 9.59 Å². The Morgan fingerprint density at radius 1 is 1.28 bits per heavy atom. The number of amides is 1. The number of aliphatic hydroxyl groups is 1. The smallest absolute Gasteiger partial charge is 0.415 e. The fourth-order valence-corrected chi connectivity index (χ4v) is 3.24. The number of methoxy groups -OCH3 is 1. The number of para-hydroxylation sites is 1. The van der Waals surface area contributed by atoms with Crippen LogP contribution in [0.15, 0.2) is 42.4 Å². The fraction of sp³-hybridized carbons (Fsp3) is 0.429. The van der Waals surface area contributed by atoms with Gasteiger partial charge in [-0.15, -0.1) is 0 Å². The standard InChI is InChI=1S/C21H27N3O5/c1-21(2,3)29-20(27)24-13-18(25)23(12-17(24)19(26)28-4)10-9-14-11-22-16-8-6-5-7-15(14)16/h5-8,11-12,18,22,25H,9-10,13H2,1-4H3. The van der Waals surface area contributed by atoms with Gasteiger partial charge in [0.2, 0.25) is 0 Å². The van der Waals surface area contributed by atoms with Gasteiger partial charge in [0.15, 0.2) is 0 Å². The zero-order valence-electron chi connectivity index (χ0n) is 17.1. The second-order valence-corrected chi connectivity index (χ2v) is 7.92. The lowest BCUT2D eigenvalue weighted by molar-refractivity contribution is -0.139. The van der Waals surface area contributed by atoms with Crippen LogP contribution in [0.4, 0.5) is 4.79 Å². The van der Waals surface area contributed by atoms with Gasteiger partial charge in [0.1, 0.15) is 17.5 Å². The van der Waals surface area contributed by atoms with Gasteiger partial charge in [-0.1, -0.05) is 18.2 Å². The molecular weight excluding hydrogens is 374 g/mol. The summed E-state index contributed by atoms with van der Waals surface area (Å²) in [5, 5.41) is 11.7. The molecule has 1 amide bonds. The molecule has 0 aliphatic carbocycles. The van der Waals surface area contributed by atoms with Gasteiger partial charge in [-0.3, -0.25) is 4.90 Å². The van der Waals surface area contributed by atoms with E-state index in [9.17, 15) is 14.7 Å². The van der Waals surface area contributed by atoms with Crippen molar-refractivity contribution in [3.63, 3.8) is 0 Å². The van der Waals surface area contributed by atoms with E-state index in [1.165, 1.54) is 13.3 Å². The van der Waals surface area contributed by atoms with E-state index in [-0.39, 0.29) is 12.2 Å². The second kappa shape index (κ2) is 8.16. The number of hydrogen-bond acceptors (Lipinski definition) is 6. The molecule has 1 atom stereocenters. The molecule has 1 unspecified atom stereocenters. The minimum atomic E-state index is -0.971. The summed E-state index contributed by atoms with van der Waals surface area (Å²) in [6.45, 7) is 5.58. The number of rotatable bonds is 4. The van der Waals surface area contributed by atoms with E-state index in [0.717, 1.165) is 21.4 Å². The zero-order chi connectivity index (χ0) is 21.2. The summed E-state index contributed by atoms with van der Waals surface area (Å²) in [6.07, 6.45) is 2.38. The van der Waals surface area contributed by atoms with Crippen molar-refractivity contribution in [3.8, 4) is 0 Å². The minimum Gasteiger partial charge on any atom is -0.464 e. The van der Waals surface area contributed by atoms with Crippen LogP contribution < -0.4 is 0 Å². The Labute approximate surface area is 169 Å². The average Bonchev–Trinajstić information content (AvgIpc) is 3.08. The van der Waals surface area contributed by atoms with Crippen molar-refractivity contribution in [2.45, 2.75) is 39.0 Å². The van der Waals surface area contributed by atoms with E-state index >= 15 is 0 Å². The number of nitrogens with one attached hydrogen (secondary N) is 1. The van der Waals surface area contributed by atoms with Crippen molar-refractivity contribution in [2.75, 3.05) is 20.2 Å². The Morgan fingerprint density at radius 3 is 2.69 bits per heavy atom. The highest BCUT2D eigenvalue weighted by Crippen LogP contribution is 2.23. The lowest BCUT2D eigenvalue weighted by Gasteiger charge is -2.38. The van der Waals surface area contributed by atoms with Crippen molar-refractivity contribution in [1.29, 1.82) is 0 Å². The summed E-state index contributed by atoms with van der Waals surface area (Å²) in [5.41, 5.74) is 1.46. The number of aromatic nitrogens is 1. The fourth-order valence-electron chi connectivity index (χ4n) is 3.24. The maximum absolute atomic E-state index is 12.5. The molecule has 0 saturated heterocycles. The van der Waals surface area contributed by atoms with Crippen LogP contribution >= 0.6 is 0 Å². The van der Waals surface area contributed by atoms with E-state index in [2.05, 4.69) is 4.98 Å². The van der Waals surface area contributed by atoms with Gasteiger partial charge >= 0.3 is 12.1 Å². The molecule has 2 N–H and O–H groups in total. The van der Waals surface area contributed by atoms with E-state index in [0.29, 0.717) is 13.0 Å². The molecule has 1 aliphatic heterocycles. The largest absolute Gasteiger partial charge is 0.464 e. The van der Waals surface area contributed by atoms with Crippen LogP contribution in [-0.4, -0.2) is 64.0 Å². The molecule has 0 radical (unpaired) electrons. The number of carbonyl (C=O) groups excluding carboxylic acids is 2. The Morgan fingerprint density at radius 2 is 2.00 bits per heavy atom. The second-order valence-electron chi connectivity index (χ2n) is 7.92. The summed E-state index contributed by atoms with van der Waals surface area (Å²) in [6, 6.07) is 7.98. The zero-order valence-corrected chi connectivity index (χ0v) is 17.1. The number of nitrogens with zero attached hydrogens (tertiary/aromatic N) is 2. The van der Waals surface area contributed by atoms with Crippen molar-refractivity contribution in [1.82, 2.24) is 14.8 Å². The lowest BCUT2D eigenvalue weighted by atomic mass is 10.1. The van der Waals surface area contributed by atoms with E-state index in [1.54, 1.807) is 25.7 Å². The highest BCUT2D eigenvalue weighted by molar-refractivity contribution is 5.92. The number of ether oxygens (including phenoxy) is 2. The predicted molar refractivity (Wildman–Crippen MR) is 108 cm³/mol. The number of benzene rings is 1. The van der Waals surface area contributed by atoms with E-state index < -0.39 is 23.9 Å². The van der Waals surface area contributed by atoms with Gasteiger partial charge in [0.25, 0.3) is 0 Å². The van der Waals surface area contributed by atoms with Crippen LogP contribution in [0.1, 0.15) is 26.3 Å². The van der Waals surface area contributed by atoms with E-state index in [1.807, 2.05) is 30.5 Å². The summed E-state index contributed by atoms with van der Waals surface area (Å²) in [4.78, 5) is 30.7. The van der Waals surface area contributed by atoms with Crippen molar-refractivity contribution in [2.24, 2.45) is 0 Å². The molecule has 0 fully saturated rings. The summed E-state index contributed by atoms with van der Waals surface area (Å²) in [7, 11) is 1.25. The maximum Gasteiger partial charge on any atom is 0.415 e. The topological polar surface area (TPSA) is 95.1 Å². The monoisotopic (exact) mass is 401 g/mol. The molecule has 1 aromatic carbocycles. The van der Waals surface area contributed by atoms with Crippen molar-refractivity contribution in [3.05, 3.63) is 47.9 Å². The maximum atomic E-state index is 12.5. The van der Waals surface area contributed by atoms with E-state index in [4.69, 9.17) is 9.47 Å². The molecule has 1 aliphatic rings. The Hall–Kier alpha value is -3.00. The molecule has 8 heteroatoms.